The van der Waals surface area contributed by atoms with Crippen LogP contribution in [0.25, 0.3) is 0 Å². The molecule has 1 saturated heterocycles. The molecule has 0 amide bonds. The van der Waals surface area contributed by atoms with Crippen molar-refractivity contribution in [2.24, 2.45) is 10.9 Å². The van der Waals surface area contributed by atoms with E-state index in [-0.39, 0.29) is 17.3 Å². The number of anilines is 1. The number of amidine groups is 1. The molecule has 0 aromatic carbocycles. The van der Waals surface area contributed by atoms with E-state index in [9.17, 15) is 8.42 Å². The maximum atomic E-state index is 11.6. The molecular weight excluding hydrogens is 270 g/mol. The van der Waals surface area contributed by atoms with Crippen molar-refractivity contribution < 1.29 is 13.6 Å². The van der Waals surface area contributed by atoms with E-state index in [0.717, 1.165) is 0 Å². The van der Waals surface area contributed by atoms with Crippen LogP contribution in [0.15, 0.2) is 17.4 Å². The van der Waals surface area contributed by atoms with Gasteiger partial charge < -0.3 is 15.8 Å². The molecule has 0 saturated carbocycles. The predicted octanol–water partition coefficient (Wildman–Crippen LogP) is -0.804. The van der Waals surface area contributed by atoms with Gasteiger partial charge in [0.25, 0.3) is 0 Å². The van der Waals surface area contributed by atoms with E-state index in [1.165, 1.54) is 6.20 Å². The maximum absolute atomic E-state index is 11.6. The topological polar surface area (TPSA) is 122 Å². The third kappa shape index (κ3) is 3.11. The molecule has 8 nitrogen and oxygen atoms in total. The number of aromatic nitrogens is 2. The number of hydrogen-bond donors (Lipinski definition) is 2. The lowest BCUT2D eigenvalue weighted by molar-refractivity contribution is 0.318. The molecule has 3 N–H and O–H groups in total. The first-order chi connectivity index (χ1) is 9.03. The summed E-state index contributed by atoms with van der Waals surface area (Å²) in [5.41, 5.74) is 6.02. The minimum atomic E-state index is -3.00. The van der Waals surface area contributed by atoms with E-state index in [1.54, 1.807) is 11.0 Å². The van der Waals surface area contributed by atoms with Crippen molar-refractivity contribution >= 4 is 21.5 Å². The van der Waals surface area contributed by atoms with E-state index in [4.69, 9.17) is 10.9 Å². The van der Waals surface area contributed by atoms with Crippen LogP contribution in [-0.4, -0.2) is 54.3 Å². The zero-order chi connectivity index (χ0) is 13.9. The van der Waals surface area contributed by atoms with Gasteiger partial charge in [-0.1, -0.05) is 5.16 Å². The van der Waals surface area contributed by atoms with Crippen LogP contribution in [0, 0.1) is 0 Å². The highest BCUT2D eigenvalue weighted by Gasteiger charge is 2.22. The van der Waals surface area contributed by atoms with Crippen molar-refractivity contribution in [1.82, 2.24) is 10.2 Å². The Labute approximate surface area is 110 Å². The molecule has 1 aromatic rings. The van der Waals surface area contributed by atoms with Gasteiger partial charge in [0.15, 0.2) is 21.5 Å². The number of nitrogens with zero attached hydrogens (tertiary/aromatic N) is 4. The van der Waals surface area contributed by atoms with E-state index in [2.05, 4.69) is 15.4 Å². The SMILES string of the molecule is N/C(=N/O)c1ccnnc1N1CCCS(=O)(=O)CC1. The van der Waals surface area contributed by atoms with Crippen molar-refractivity contribution in [3.8, 4) is 0 Å². The van der Waals surface area contributed by atoms with Crippen LogP contribution in [0.3, 0.4) is 0 Å². The van der Waals surface area contributed by atoms with Crippen LogP contribution in [0.1, 0.15) is 12.0 Å². The Morgan fingerprint density at radius 1 is 1.42 bits per heavy atom. The minimum Gasteiger partial charge on any atom is -0.409 e. The summed E-state index contributed by atoms with van der Waals surface area (Å²) in [5, 5.41) is 19.4. The van der Waals surface area contributed by atoms with Gasteiger partial charge in [-0.2, -0.15) is 5.10 Å². The summed E-state index contributed by atoms with van der Waals surface area (Å²) in [6.45, 7) is 0.871. The smallest absolute Gasteiger partial charge is 0.173 e. The van der Waals surface area contributed by atoms with Gasteiger partial charge in [0.2, 0.25) is 0 Å². The molecule has 1 aliphatic heterocycles. The molecule has 0 spiro atoms. The lowest BCUT2D eigenvalue weighted by Crippen LogP contribution is -2.30. The first-order valence-electron chi connectivity index (χ1n) is 5.78. The van der Waals surface area contributed by atoms with Crippen molar-refractivity contribution in [3.63, 3.8) is 0 Å². The molecule has 2 rings (SSSR count). The first kappa shape index (κ1) is 13.5. The third-order valence-electron chi connectivity index (χ3n) is 2.94. The molecule has 19 heavy (non-hydrogen) atoms. The van der Waals surface area contributed by atoms with Gasteiger partial charge in [-0.3, -0.25) is 0 Å². The van der Waals surface area contributed by atoms with Crippen LogP contribution in [-0.2, 0) is 9.84 Å². The summed E-state index contributed by atoms with van der Waals surface area (Å²) >= 11 is 0. The van der Waals surface area contributed by atoms with Crippen LogP contribution in [0.4, 0.5) is 5.82 Å². The molecule has 1 aromatic heterocycles. The molecule has 104 valence electrons. The van der Waals surface area contributed by atoms with Gasteiger partial charge in [-0.25, -0.2) is 8.42 Å². The van der Waals surface area contributed by atoms with E-state index < -0.39 is 9.84 Å². The standard InChI is InChI=1S/C10H15N5O3S/c11-9(14-16)8-2-3-12-13-10(8)15-4-1-6-19(17,18)7-5-15/h2-3,16H,1,4-7H2,(H2,11,14). The number of oxime groups is 1. The van der Waals surface area contributed by atoms with E-state index in [1.807, 2.05) is 0 Å². The van der Waals surface area contributed by atoms with Crippen LogP contribution in [0.5, 0.6) is 0 Å². The average Bonchev–Trinajstić information content (AvgIpc) is 2.59. The summed E-state index contributed by atoms with van der Waals surface area (Å²) in [6.07, 6.45) is 1.96. The van der Waals surface area contributed by atoms with Gasteiger partial charge >= 0.3 is 0 Å². The highest BCUT2D eigenvalue weighted by molar-refractivity contribution is 7.91. The third-order valence-corrected chi connectivity index (χ3v) is 4.66. The fourth-order valence-electron chi connectivity index (χ4n) is 1.96. The second-order valence-electron chi connectivity index (χ2n) is 4.25. The monoisotopic (exact) mass is 285 g/mol. The molecule has 0 bridgehead atoms. The van der Waals surface area contributed by atoms with Crippen molar-refractivity contribution in [3.05, 3.63) is 17.8 Å². The molecule has 0 atom stereocenters. The molecule has 0 unspecified atom stereocenters. The minimum absolute atomic E-state index is 0.0686. The first-order valence-corrected chi connectivity index (χ1v) is 7.60. The Bertz CT molecular complexity index is 587. The molecule has 9 heteroatoms. The second kappa shape index (κ2) is 5.39. The van der Waals surface area contributed by atoms with Gasteiger partial charge in [0.1, 0.15) is 0 Å². The van der Waals surface area contributed by atoms with Crippen molar-refractivity contribution in [2.75, 3.05) is 29.5 Å². The number of rotatable bonds is 2. The van der Waals surface area contributed by atoms with E-state index in [0.29, 0.717) is 30.9 Å². The molecule has 1 aliphatic rings. The normalized spacial score (nSPS) is 20.0. The lowest BCUT2D eigenvalue weighted by Gasteiger charge is -2.22. The molecule has 1 fully saturated rings. The fraction of sp³-hybridized carbons (Fsp3) is 0.500. The lowest BCUT2D eigenvalue weighted by atomic mass is 10.2. The number of nitrogens with two attached hydrogens (primary N) is 1. The Hall–Kier alpha value is -1.90. The number of sulfone groups is 1. The van der Waals surface area contributed by atoms with Gasteiger partial charge in [0, 0.05) is 13.1 Å². The fourth-order valence-corrected chi connectivity index (χ4v) is 3.23. The molecule has 0 radical (unpaired) electrons. The quantitative estimate of drug-likeness (QED) is 0.315. The molecule has 2 heterocycles. The van der Waals surface area contributed by atoms with Crippen LogP contribution < -0.4 is 10.6 Å². The predicted molar refractivity (Wildman–Crippen MR) is 70.0 cm³/mol. The summed E-state index contributed by atoms with van der Waals surface area (Å²) in [6, 6.07) is 1.58. The van der Waals surface area contributed by atoms with Crippen LogP contribution in [0.2, 0.25) is 0 Å². The summed E-state index contributed by atoms with van der Waals surface area (Å²) < 4.78 is 23.1. The molecular formula is C10H15N5O3S. The summed E-state index contributed by atoms with van der Waals surface area (Å²) in [5.74, 6) is 0.605. The Morgan fingerprint density at radius 2 is 2.21 bits per heavy atom. The van der Waals surface area contributed by atoms with Gasteiger partial charge in [0.05, 0.1) is 23.3 Å². The molecule has 0 aliphatic carbocycles. The Morgan fingerprint density at radius 3 is 2.95 bits per heavy atom. The zero-order valence-electron chi connectivity index (χ0n) is 10.2. The Balaban J connectivity index is 2.32. The highest BCUT2D eigenvalue weighted by Crippen LogP contribution is 2.18. The van der Waals surface area contributed by atoms with Crippen molar-refractivity contribution in [1.29, 1.82) is 0 Å². The maximum Gasteiger partial charge on any atom is 0.173 e. The van der Waals surface area contributed by atoms with Crippen LogP contribution >= 0.6 is 0 Å². The highest BCUT2D eigenvalue weighted by atomic mass is 32.2. The van der Waals surface area contributed by atoms with E-state index >= 15 is 0 Å². The number of hydrogen-bond acceptors (Lipinski definition) is 7. The zero-order valence-corrected chi connectivity index (χ0v) is 11.0. The Kier molecular flexibility index (Phi) is 3.84. The second-order valence-corrected chi connectivity index (χ2v) is 6.55. The van der Waals surface area contributed by atoms with Gasteiger partial charge in [-0.15, -0.1) is 5.10 Å². The average molecular weight is 285 g/mol. The van der Waals surface area contributed by atoms with Crippen molar-refractivity contribution in [2.45, 2.75) is 6.42 Å². The largest absolute Gasteiger partial charge is 0.409 e. The summed E-state index contributed by atoms with van der Waals surface area (Å²) in [4.78, 5) is 1.80. The van der Waals surface area contributed by atoms with Gasteiger partial charge in [-0.05, 0) is 12.5 Å². The summed E-state index contributed by atoms with van der Waals surface area (Å²) in [7, 11) is -3.00.